The van der Waals surface area contributed by atoms with Crippen molar-refractivity contribution in [2.45, 2.75) is 37.6 Å². The van der Waals surface area contributed by atoms with Crippen LogP contribution in [-0.4, -0.2) is 46.2 Å². The zero-order valence-corrected chi connectivity index (χ0v) is 13.9. The van der Waals surface area contributed by atoms with E-state index in [1.807, 2.05) is 0 Å². The molecule has 1 atom stereocenters. The van der Waals surface area contributed by atoms with Crippen LogP contribution in [0.4, 0.5) is 0 Å². The molecule has 1 amide bonds. The predicted octanol–water partition coefficient (Wildman–Crippen LogP) is 2.28. The van der Waals surface area contributed by atoms with Crippen LogP contribution in [0.2, 0.25) is 0 Å². The highest BCUT2D eigenvalue weighted by Crippen LogP contribution is 2.46. The zero-order valence-electron chi connectivity index (χ0n) is 13.9. The maximum Gasteiger partial charge on any atom is 0.311 e. The van der Waals surface area contributed by atoms with Crippen molar-refractivity contribution in [2.24, 2.45) is 5.92 Å². The van der Waals surface area contributed by atoms with Crippen molar-refractivity contribution in [3.63, 3.8) is 0 Å². The zero-order chi connectivity index (χ0) is 17.4. The monoisotopic (exact) mass is 345 g/mol. The number of likely N-dealkylation sites (tertiary alicyclic amines) is 1. The number of ether oxygens (including phenoxy) is 1. The van der Waals surface area contributed by atoms with Gasteiger partial charge in [0.15, 0.2) is 5.76 Å². The summed E-state index contributed by atoms with van der Waals surface area (Å²) in [5, 5.41) is 7.76. The smallest absolute Gasteiger partial charge is 0.311 e. The Kier molecular flexibility index (Phi) is 3.82. The molecule has 4 rings (SSSR count). The third-order valence-corrected chi connectivity index (χ3v) is 5.26. The van der Waals surface area contributed by atoms with Crippen molar-refractivity contribution in [2.75, 3.05) is 13.7 Å². The normalized spacial score (nSPS) is 21.8. The number of hydrogen-bond donors (Lipinski definition) is 0. The molecule has 1 aliphatic carbocycles. The molecule has 8 nitrogen and oxygen atoms in total. The summed E-state index contributed by atoms with van der Waals surface area (Å²) < 4.78 is 15.6. The van der Waals surface area contributed by atoms with E-state index in [0.717, 1.165) is 25.7 Å². The lowest BCUT2D eigenvalue weighted by Crippen LogP contribution is -2.45. The Labute approximate surface area is 144 Å². The van der Waals surface area contributed by atoms with Crippen LogP contribution >= 0.6 is 0 Å². The Morgan fingerprint density at radius 1 is 1.32 bits per heavy atom. The number of aromatic nitrogens is 2. The Balaban J connectivity index is 1.60. The fourth-order valence-corrected chi connectivity index (χ4v) is 4.10. The summed E-state index contributed by atoms with van der Waals surface area (Å²) in [5.74, 6) is -0.418. The second-order valence-corrected chi connectivity index (χ2v) is 6.66. The Hall–Kier alpha value is -2.64. The molecule has 1 saturated heterocycles. The average molecular weight is 345 g/mol. The van der Waals surface area contributed by atoms with E-state index in [0.29, 0.717) is 18.7 Å². The van der Waals surface area contributed by atoms with Crippen LogP contribution < -0.4 is 0 Å². The van der Waals surface area contributed by atoms with Gasteiger partial charge in [-0.15, -0.1) is 10.2 Å². The lowest BCUT2D eigenvalue weighted by Gasteiger charge is -2.33. The van der Waals surface area contributed by atoms with E-state index in [9.17, 15) is 9.59 Å². The van der Waals surface area contributed by atoms with E-state index in [-0.39, 0.29) is 35.1 Å². The van der Waals surface area contributed by atoms with Gasteiger partial charge in [-0.2, -0.15) is 0 Å². The first-order chi connectivity index (χ1) is 12.1. The number of carbonyl (C=O) groups excluding carboxylic acids is 2. The standard InChI is InChI=1S/C17H19N3O5/c1-23-16(22)11-9-17(6-2-3-7-17)20(10-11)15(21)14-19-18-13(25-14)12-5-4-8-24-12/h4-5,8,11H,2-3,6-7,9-10H2,1H3. The molecule has 25 heavy (non-hydrogen) atoms. The van der Waals surface area contributed by atoms with Crippen LogP contribution in [0.15, 0.2) is 27.2 Å². The van der Waals surface area contributed by atoms with E-state index in [2.05, 4.69) is 10.2 Å². The summed E-state index contributed by atoms with van der Waals surface area (Å²) >= 11 is 0. The number of esters is 1. The fraction of sp³-hybridized carbons (Fsp3) is 0.529. The number of carbonyl (C=O) groups is 2. The highest BCUT2D eigenvalue weighted by atomic mass is 16.5. The van der Waals surface area contributed by atoms with Gasteiger partial charge in [0, 0.05) is 12.1 Å². The molecule has 1 aliphatic heterocycles. The Morgan fingerprint density at radius 3 is 2.80 bits per heavy atom. The van der Waals surface area contributed by atoms with Gasteiger partial charge in [0.1, 0.15) is 0 Å². The lowest BCUT2D eigenvalue weighted by molar-refractivity contribution is -0.144. The number of amides is 1. The van der Waals surface area contributed by atoms with Gasteiger partial charge in [-0.1, -0.05) is 12.8 Å². The van der Waals surface area contributed by atoms with Gasteiger partial charge in [-0.25, -0.2) is 0 Å². The molecule has 2 aromatic heterocycles. The van der Waals surface area contributed by atoms with Gasteiger partial charge < -0.3 is 18.5 Å². The van der Waals surface area contributed by atoms with Crippen LogP contribution in [0.5, 0.6) is 0 Å². The van der Waals surface area contributed by atoms with Crippen molar-refractivity contribution in [3.8, 4) is 11.7 Å². The molecule has 1 unspecified atom stereocenters. The average Bonchev–Trinajstić information content (AvgIpc) is 3.40. The second-order valence-electron chi connectivity index (χ2n) is 6.66. The summed E-state index contributed by atoms with van der Waals surface area (Å²) in [6.07, 6.45) is 5.97. The molecule has 0 bridgehead atoms. The topological polar surface area (TPSA) is 98.7 Å². The summed E-state index contributed by atoms with van der Waals surface area (Å²) in [6.45, 7) is 0.323. The first kappa shape index (κ1) is 15.9. The maximum atomic E-state index is 13.0. The molecule has 1 saturated carbocycles. The molecule has 8 heteroatoms. The maximum absolute atomic E-state index is 13.0. The van der Waals surface area contributed by atoms with E-state index < -0.39 is 0 Å². The molecule has 2 aliphatic rings. The largest absolute Gasteiger partial charge is 0.469 e. The SMILES string of the molecule is COC(=O)C1CN(C(=O)c2nnc(-c3ccco3)o2)C2(CCCC2)C1. The molecule has 132 valence electrons. The fourth-order valence-electron chi connectivity index (χ4n) is 4.10. The van der Waals surface area contributed by atoms with Crippen LogP contribution in [-0.2, 0) is 9.53 Å². The molecule has 0 aromatic carbocycles. The molecular weight excluding hydrogens is 326 g/mol. The molecule has 0 N–H and O–H groups in total. The first-order valence-corrected chi connectivity index (χ1v) is 8.40. The predicted molar refractivity (Wildman–Crippen MR) is 84.4 cm³/mol. The summed E-state index contributed by atoms with van der Waals surface area (Å²) in [7, 11) is 1.38. The summed E-state index contributed by atoms with van der Waals surface area (Å²) in [6, 6.07) is 3.39. The number of nitrogens with zero attached hydrogens (tertiary/aromatic N) is 3. The van der Waals surface area contributed by atoms with E-state index in [1.165, 1.54) is 13.4 Å². The van der Waals surface area contributed by atoms with Crippen molar-refractivity contribution < 1.29 is 23.2 Å². The number of methoxy groups -OCH3 is 1. The summed E-state index contributed by atoms with van der Waals surface area (Å²) in [5.41, 5.74) is -0.310. The van der Waals surface area contributed by atoms with Crippen LogP contribution in [0.25, 0.3) is 11.7 Å². The highest BCUT2D eigenvalue weighted by molar-refractivity contribution is 5.91. The van der Waals surface area contributed by atoms with E-state index in [1.54, 1.807) is 17.0 Å². The summed E-state index contributed by atoms with van der Waals surface area (Å²) in [4.78, 5) is 26.7. The van der Waals surface area contributed by atoms with E-state index in [4.69, 9.17) is 13.6 Å². The van der Waals surface area contributed by atoms with Crippen molar-refractivity contribution in [1.29, 1.82) is 0 Å². The van der Waals surface area contributed by atoms with Gasteiger partial charge in [0.2, 0.25) is 0 Å². The molecule has 1 spiro atoms. The van der Waals surface area contributed by atoms with Gasteiger partial charge in [0.25, 0.3) is 5.89 Å². The van der Waals surface area contributed by atoms with Gasteiger partial charge >= 0.3 is 17.8 Å². The lowest BCUT2D eigenvalue weighted by atomic mass is 9.90. The highest BCUT2D eigenvalue weighted by Gasteiger charge is 2.52. The van der Waals surface area contributed by atoms with Gasteiger partial charge in [-0.3, -0.25) is 9.59 Å². The molecular formula is C17H19N3O5. The van der Waals surface area contributed by atoms with Crippen LogP contribution in [0, 0.1) is 5.92 Å². The van der Waals surface area contributed by atoms with Gasteiger partial charge in [0.05, 0.1) is 19.3 Å². The Bertz CT molecular complexity index is 776. The molecule has 3 heterocycles. The van der Waals surface area contributed by atoms with E-state index >= 15 is 0 Å². The molecule has 2 aromatic rings. The third-order valence-electron chi connectivity index (χ3n) is 5.26. The third kappa shape index (κ3) is 2.61. The Morgan fingerprint density at radius 2 is 2.12 bits per heavy atom. The van der Waals surface area contributed by atoms with Crippen molar-refractivity contribution in [1.82, 2.24) is 15.1 Å². The number of rotatable bonds is 3. The number of furan rings is 1. The van der Waals surface area contributed by atoms with Crippen LogP contribution in [0.1, 0.15) is 42.8 Å². The van der Waals surface area contributed by atoms with Crippen molar-refractivity contribution >= 4 is 11.9 Å². The first-order valence-electron chi connectivity index (χ1n) is 8.40. The van der Waals surface area contributed by atoms with Gasteiger partial charge in [-0.05, 0) is 31.4 Å². The minimum atomic E-state index is -0.335. The molecule has 2 fully saturated rings. The quantitative estimate of drug-likeness (QED) is 0.787. The van der Waals surface area contributed by atoms with Crippen molar-refractivity contribution in [3.05, 3.63) is 24.3 Å². The number of hydrogen-bond acceptors (Lipinski definition) is 7. The minimum Gasteiger partial charge on any atom is -0.469 e. The minimum absolute atomic E-state index is 0.0804. The molecule has 0 radical (unpaired) electrons. The van der Waals surface area contributed by atoms with Crippen LogP contribution in [0.3, 0.4) is 0 Å². The second kappa shape index (κ2) is 6.02.